The van der Waals surface area contributed by atoms with Crippen molar-refractivity contribution in [1.29, 1.82) is 0 Å². The van der Waals surface area contributed by atoms with Gasteiger partial charge >= 0.3 is 6.09 Å². The second-order valence-corrected chi connectivity index (χ2v) is 3.68. The molecule has 1 aliphatic heterocycles. The maximum Gasteiger partial charge on any atom is 0.409 e. The van der Waals surface area contributed by atoms with Crippen molar-refractivity contribution >= 4 is 12.0 Å². The van der Waals surface area contributed by atoms with E-state index >= 15 is 0 Å². The SMILES string of the molecule is [CH2]CN(C)C(=O)OC1CCN(C(C)=O)C1. The number of ether oxygens (including phenoxy) is 1. The predicted octanol–water partition coefficient (Wildman–Crippen LogP) is 0.510. The van der Waals surface area contributed by atoms with Gasteiger partial charge < -0.3 is 14.5 Å². The molecule has 15 heavy (non-hydrogen) atoms. The first-order chi connectivity index (χ1) is 7.04. The molecule has 0 spiro atoms. The summed E-state index contributed by atoms with van der Waals surface area (Å²) in [4.78, 5) is 25.5. The molecule has 0 aromatic carbocycles. The van der Waals surface area contributed by atoms with Crippen molar-refractivity contribution in [2.24, 2.45) is 0 Å². The lowest BCUT2D eigenvalue weighted by atomic mass is 10.3. The number of likely N-dealkylation sites (tertiary alicyclic amines) is 1. The van der Waals surface area contributed by atoms with Gasteiger partial charge in [-0.05, 0) is 6.92 Å². The first-order valence-corrected chi connectivity index (χ1v) is 5.01. The highest BCUT2D eigenvalue weighted by molar-refractivity contribution is 5.73. The lowest BCUT2D eigenvalue weighted by molar-refractivity contribution is -0.128. The molecule has 85 valence electrons. The Morgan fingerprint density at radius 3 is 2.73 bits per heavy atom. The van der Waals surface area contributed by atoms with E-state index in [0.29, 0.717) is 19.6 Å². The van der Waals surface area contributed by atoms with E-state index < -0.39 is 0 Å². The van der Waals surface area contributed by atoms with Crippen LogP contribution in [0.15, 0.2) is 0 Å². The van der Waals surface area contributed by atoms with Crippen LogP contribution < -0.4 is 0 Å². The topological polar surface area (TPSA) is 49.9 Å². The molecule has 5 nitrogen and oxygen atoms in total. The highest BCUT2D eigenvalue weighted by atomic mass is 16.6. The lowest BCUT2D eigenvalue weighted by Gasteiger charge is -2.18. The average molecular weight is 213 g/mol. The van der Waals surface area contributed by atoms with Crippen LogP contribution in [0.3, 0.4) is 0 Å². The van der Waals surface area contributed by atoms with E-state index in [1.165, 1.54) is 11.8 Å². The molecule has 0 N–H and O–H groups in total. The van der Waals surface area contributed by atoms with Gasteiger partial charge in [-0.2, -0.15) is 0 Å². The lowest BCUT2D eigenvalue weighted by Crippen LogP contribution is -2.33. The highest BCUT2D eigenvalue weighted by Crippen LogP contribution is 2.13. The van der Waals surface area contributed by atoms with Crippen LogP contribution in [-0.2, 0) is 9.53 Å². The van der Waals surface area contributed by atoms with E-state index in [-0.39, 0.29) is 18.1 Å². The number of carbonyl (C=O) groups is 2. The third-order valence-electron chi connectivity index (χ3n) is 2.50. The predicted molar refractivity (Wildman–Crippen MR) is 55.1 cm³/mol. The quantitative estimate of drug-likeness (QED) is 0.671. The highest BCUT2D eigenvalue weighted by Gasteiger charge is 2.27. The molecular formula is C10H17N2O3. The molecule has 0 aliphatic carbocycles. The number of hydrogen-bond acceptors (Lipinski definition) is 3. The normalized spacial score (nSPS) is 20.2. The zero-order valence-corrected chi connectivity index (χ0v) is 9.23. The van der Waals surface area contributed by atoms with Gasteiger partial charge in [0, 0.05) is 33.5 Å². The molecule has 2 amide bonds. The van der Waals surface area contributed by atoms with Crippen molar-refractivity contribution in [2.45, 2.75) is 19.4 Å². The van der Waals surface area contributed by atoms with Gasteiger partial charge in [-0.1, -0.05) is 0 Å². The second kappa shape index (κ2) is 5.00. The Labute approximate surface area is 90.0 Å². The van der Waals surface area contributed by atoms with E-state index in [2.05, 4.69) is 6.92 Å². The van der Waals surface area contributed by atoms with Crippen molar-refractivity contribution in [2.75, 3.05) is 26.7 Å². The van der Waals surface area contributed by atoms with Gasteiger partial charge in [-0.25, -0.2) is 4.79 Å². The summed E-state index contributed by atoms with van der Waals surface area (Å²) in [5.74, 6) is 0.0269. The van der Waals surface area contributed by atoms with E-state index in [0.717, 1.165) is 6.42 Å². The maximum atomic E-state index is 11.4. The summed E-state index contributed by atoms with van der Waals surface area (Å²) in [5.41, 5.74) is 0. The first kappa shape index (κ1) is 11.8. The fourth-order valence-corrected chi connectivity index (χ4v) is 1.43. The minimum absolute atomic E-state index is 0.0269. The Balaban J connectivity index is 2.36. The molecule has 5 heteroatoms. The second-order valence-electron chi connectivity index (χ2n) is 3.68. The summed E-state index contributed by atoms with van der Waals surface area (Å²) in [7, 11) is 1.63. The van der Waals surface area contributed by atoms with Crippen LogP contribution in [0.4, 0.5) is 4.79 Å². The molecule has 1 fully saturated rings. The van der Waals surface area contributed by atoms with Crippen LogP contribution in [0.1, 0.15) is 13.3 Å². The molecule has 1 aliphatic rings. The maximum absolute atomic E-state index is 11.4. The van der Waals surface area contributed by atoms with Crippen molar-refractivity contribution in [1.82, 2.24) is 9.80 Å². The third kappa shape index (κ3) is 3.11. The van der Waals surface area contributed by atoms with Crippen LogP contribution in [0.25, 0.3) is 0 Å². The number of nitrogens with zero attached hydrogens (tertiary/aromatic N) is 2. The summed E-state index contributed by atoms with van der Waals surface area (Å²) in [6.45, 7) is 6.66. The Hall–Kier alpha value is -1.26. The van der Waals surface area contributed by atoms with Gasteiger partial charge in [-0.3, -0.25) is 4.79 Å². The van der Waals surface area contributed by atoms with Crippen LogP contribution >= 0.6 is 0 Å². The monoisotopic (exact) mass is 213 g/mol. The molecule has 0 aromatic rings. The van der Waals surface area contributed by atoms with Crippen LogP contribution in [0.5, 0.6) is 0 Å². The summed E-state index contributed by atoms with van der Waals surface area (Å²) < 4.78 is 5.20. The van der Waals surface area contributed by atoms with Gasteiger partial charge in [0.25, 0.3) is 0 Å². The van der Waals surface area contributed by atoms with E-state index in [4.69, 9.17) is 4.74 Å². The average Bonchev–Trinajstić information content (AvgIpc) is 2.65. The minimum Gasteiger partial charge on any atom is -0.444 e. The number of rotatable bonds is 2. The summed E-state index contributed by atoms with van der Waals surface area (Å²) >= 11 is 0. The molecule has 1 atom stereocenters. The molecule has 0 aromatic heterocycles. The Morgan fingerprint density at radius 2 is 2.27 bits per heavy atom. The van der Waals surface area contributed by atoms with Gasteiger partial charge in [0.05, 0.1) is 6.54 Å². The molecule has 0 bridgehead atoms. The number of carbonyl (C=O) groups excluding carboxylic acids is 2. The molecule has 1 rings (SSSR count). The van der Waals surface area contributed by atoms with Crippen molar-refractivity contribution in [3.8, 4) is 0 Å². The summed E-state index contributed by atoms with van der Waals surface area (Å²) in [6, 6.07) is 0. The van der Waals surface area contributed by atoms with Gasteiger partial charge in [0.1, 0.15) is 6.10 Å². The zero-order chi connectivity index (χ0) is 11.4. The molecule has 0 saturated carbocycles. The van der Waals surface area contributed by atoms with Crippen LogP contribution in [-0.4, -0.2) is 54.6 Å². The summed E-state index contributed by atoms with van der Waals surface area (Å²) in [5, 5.41) is 0. The van der Waals surface area contributed by atoms with Crippen molar-refractivity contribution in [3.05, 3.63) is 6.92 Å². The smallest absolute Gasteiger partial charge is 0.409 e. The van der Waals surface area contributed by atoms with E-state index in [1.54, 1.807) is 11.9 Å². The minimum atomic E-state index is -0.375. The van der Waals surface area contributed by atoms with Gasteiger partial charge in [-0.15, -0.1) is 0 Å². The Kier molecular flexibility index (Phi) is 3.94. The van der Waals surface area contributed by atoms with Gasteiger partial charge in [0.15, 0.2) is 0 Å². The van der Waals surface area contributed by atoms with E-state index in [1.807, 2.05) is 0 Å². The molecule has 1 saturated heterocycles. The summed E-state index contributed by atoms with van der Waals surface area (Å²) in [6.07, 6.45) is 0.173. The number of hydrogen-bond donors (Lipinski definition) is 0. The fourth-order valence-electron chi connectivity index (χ4n) is 1.43. The zero-order valence-electron chi connectivity index (χ0n) is 9.23. The molecule has 1 heterocycles. The van der Waals surface area contributed by atoms with Crippen LogP contribution in [0, 0.1) is 6.92 Å². The van der Waals surface area contributed by atoms with Crippen LogP contribution in [0.2, 0.25) is 0 Å². The molecular weight excluding hydrogens is 196 g/mol. The van der Waals surface area contributed by atoms with E-state index in [9.17, 15) is 9.59 Å². The Morgan fingerprint density at radius 1 is 1.60 bits per heavy atom. The number of amides is 2. The third-order valence-corrected chi connectivity index (χ3v) is 2.50. The van der Waals surface area contributed by atoms with Gasteiger partial charge in [0.2, 0.25) is 5.91 Å². The first-order valence-electron chi connectivity index (χ1n) is 5.01. The van der Waals surface area contributed by atoms with Crippen molar-refractivity contribution in [3.63, 3.8) is 0 Å². The Bertz CT molecular complexity index is 255. The standard InChI is InChI=1S/C10H17N2O3/c1-4-11(3)10(14)15-9-5-6-12(7-9)8(2)13/h9H,1,4-7H2,2-3H3. The molecule has 1 unspecified atom stereocenters. The largest absolute Gasteiger partial charge is 0.444 e. The fraction of sp³-hybridized carbons (Fsp3) is 0.700. The molecule has 1 radical (unpaired) electrons. The van der Waals surface area contributed by atoms with Crippen molar-refractivity contribution < 1.29 is 14.3 Å².